The lowest BCUT2D eigenvalue weighted by atomic mass is 9.98. The maximum absolute atomic E-state index is 5.52. The number of aryl methyl sites for hydroxylation is 1. The molecule has 1 fully saturated rings. The maximum atomic E-state index is 5.52. The van der Waals surface area contributed by atoms with Crippen LogP contribution in [0.4, 0.5) is 5.69 Å². The first-order chi connectivity index (χ1) is 9.04. The van der Waals surface area contributed by atoms with Gasteiger partial charge in [-0.05, 0) is 49.1 Å². The predicted octanol–water partition coefficient (Wildman–Crippen LogP) is 2.93. The normalized spacial score (nSPS) is 18.9. The molecule has 0 amide bonds. The number of methoxy groups -OCH3 is 1. The minimum absolute atomic E-state index is 0.476. The van der Waals surface area contributed by atoms with Crippen LogP contribution in [0.25, 0.3) is 0 Å². The summed E-state index contributed by atoms with van der Waals surface area (Å²) in [5.41, 5.74) is 3.91. The van der Waals surface area contributed by atoms with Gasteiger partial charge in [-0.2, -0.15) is 0 Å². The Morgan fingerprint density at radius 1 is 1.37 bits per heavy atom. The average molecular weight is 262 g/mol. The molecule has 0 aromatic heterocycles. The quantitative estimate of drug-likeness (QED) is 0.903. The van der Waals surface area contributed by atoms with Crippen LogP contribution in [0.3, 0.4) is 0 Å². The Labute approximate surface area is 116 Å². The third-order valence-electron chi connectivity index (χ3n) is 4.13. The van der Waals surface area contributed by atoms with Gasteiger partial charge in [0.05, 0.1) is 7.11 Å². The Kier molecular flexibility index (Phi) is 4.35. The second-order valence-corrected chi connectivity index (χ2v) is 5.79. The lowest BCUT2D eigenvalue weighted by Crippen LogP contribution is -2.33. The van der Waals surface area contributed by atoms with E-state index in [-0.39, 0.29) is 0 Å². The fraction of sp³-hybridized carbons (Fsp3) is 0.625. The van der Waals surface area contributed by atoms with Crippen LogP contribution in [0, 0.1) is 6.92 Å². The first-order valence-electron chi connectivity index (χ1n) is 7.16. The number of hydrogen-bond donors (Lipinski definition) is 1. The SMILES string of the molecule is COc1cc(C)c(N(C)C2CCNC2)cc1C(C)C. The second-order valence-electron chi connectivity index (χ2n) is 5.79. The molecule has 106 valence electrons. The molecule has 0 bridgehead atoms. The number of benzene rings is 1. The number of nitrogens with zero attached hydrogens (tertiary/aromatic N) is 1. The summed E-state index contributed by atoms with van der Waals surface area (Å²) in [6.45, 7) is 8.81. The summed E-state index contributed by atoms with van der Waals surface area (Å²) in [4.78, 5) is 2.42. The van der Waals surface area contributed by atoms with Gasteiger partial charge in [-0.1, -0.05) is 13.8 Å². The summed E-state index contributed by atoms with van der Waals surface area (Å²) >= 11 is 0. The minimum atomic E-state index is 0.476. The lowest BCUT2D eigenvalue weighted by Gasteiger charge is -2.29. The van der Waals surface area contributed by atoms with Gasteiger partial charge in [0.15, 0.2) is 0 Å². The van der Waals surface area contributed by atoms with Crippen molar-refractivity contribution in [1.29, 1.82) is 0 Å². The highest BCUT2D eigenvalue weighted by molar-refractivity contribution is 5.60. The van der Waals surface area contributed by atoms with Gasteiger partial charge in [-0.15, -0.1) is 0 Å². The molecule has 0 spiro atoms. The zero-order valence-corrected chi connectivity index (χ0v) is 12.8. The second kappa shape index (κ2) is 5.83. The predicted molar refractivity (Wildman–Crippen MR) is 81.5 cm³/mol. The van der Waals surface area contributed by atoms with E-state index in [0.717, 1.165) is 18.8 Å². The monoisotopic (exact) mass is 262 g/mol. The van der Waals surface area contributed by atoms with Crippen LogP contribution in [0.1, 0.15) is 37.3 Å². The van der Waals surface area contributed by atoms with Crippen LogP contribution < -0.4 is 15.0 Å². The van der Waals surface area contributed by atoms with E-state index in [1.807, 2.05) is 0 Å². The zero-order valence-electron chi connectivity index (χ0n) is 12.8. The molecular weight excluding hydrogens is 236 g/mol. The Balaban J connectivity index is 2.36. The van der Waals surface area contributed by atoms with Gasteiger partial charge in [0, 0.05) is 25.3 Å². The van der Waals surface area contributed by atoms with E-state index in [9.17, 15) is 0 Å². The van der Waals surface area contributed by atoms with Crippen molar-refractivity contribution in [2.45, 2.75) is 39.2 Å². The smallest absolute Gasteiger partial charge is 0.122 e. The number of nitrogens with one attached hydrogen (secondary N) is 1. The van der Waals surface area contributed by atoms with Gasteiger partial charge in [-0.3, -0.25) is 0 Å². The van der Waals surface area contributed by atoms with Crippen LogP contribution in [0.2, 0.25) is 0 Å². The summed E-state index contributed by atoms with van der Waals surface area (Å²) < 4.78 is 5.52. The molecule has 1 aromatic carbocycles. The summed E-state index contributed by atoms with van der Waals surface area (Å²) in [5.74, 6) is 1.48. The summed E-state index contributed by atoms with van der Waals surface area (Å²) in [5, 5.41) is 3.44. The molecule has 0 radical (unpaired) electrons. The van der Waals surface area contributed by atoms with E-state index in [1.165, 1.54) is 23.2 Å². The maximum Gasteiger partial charge on any atom is 0.122 e. The van der Waals surface area contributed by atoms with Crippen molar-refractivity contribution in [3.05, 3.63) is 23.3 Å². The molecule has 1 atom stereocenters. The van der Waals surface area contributed by atoms with Crippen molar-refractivity contribution in [1.82, 2.24) is 5.32 Å². The standard InChI is InChI=1S/C16H26N2O/c1-11(2)14-9-15(12(3)8-16(14)19-5)18(4)13-6-7-17-10-13/h8-9,11,13,17H,6-7,10H2,1-5H3. The Bertz CT molecular complexity index is 437. The molecule has 1 aliphatic heterocycles. The first-order valence-corrected chi connectivity index (χ1v) is 7.16. The highest BCUT2D eigenvalue weighted by atomic mass is 16.5. The molecular formula is C16H26N2O. The molecule has 0 saturated carbocycles. The van der Waals surface area contributed by atoms with Gasteiger partial charge < -0.3 is 15.0 Å². The van der Waals surface area contributed by atoms with Crippen LogP contribution in [0.15, 0.2) is 12.1 Å². The third-order valence-corrected chi connectivity index (χ3v) is 4.13. The number of rotatable bonds is 4. The van der Waals surface area contributed by atoms with E-state index in [4.69, 9.17) is 4.74 Å². The molecule has 1 aliphatic rings. The van der Waals surface area contributed by atoms with Gasteiger partial charge >= 0.3 is 0 Å². The van der Waals surface area contributed by atoms with Crippen molar-refractivity contribution < 1.29 is 4.74 Å². The highest BCUT2D eigenvalue weighted by Crippen LogP contribution is 2.34. The summed E-state index contributed by atoms with van der Waals surface area (Å²) in [7, 11) is 3.96. The Hall–Kier alpha value is -1.22. The number of likely N-dealkylation sites (N-methyl/N-ethyl adjacent to an activating group) is 1. The van der Waals surface area contributed by atoms with Gasteiger partial charge in [0.1, 0.15) is 5.75 Å². The molecule has 19 heavy (non-hydrogen) atoms. The molecule has 1 aromatic rings. The van der Waals surface area contributed by atoms with Gasteiger partial charge in [-0.25, -0.2) is 0 Å². The molecule has 0 aliphatic carbocycles. The third kappa shape index (κ3) is 2.86. The minimum Gasteiger partial charge on any atom is -0.496 e. The van der Waals surface area contributed by atoms with Crippen molar-refractivity contribution in [2.75, 3.05) is 32.1 Å². The molecule has 1 N–H and O–H groups in total. The van der Waals surface area contributed by atoms with E-state index in [2.05, 4.69) is 50.2 Å². The highest BCUT2D eigenvalue weighted by Gasteiger charge is 2.22. The van der Waals surface area contributed by atoms with E-state index >= 15 is 0 Å². The molecule has 1 saturated heterocycles. The number of hydrogen-bond acceptors (Lipinski definition) is 3. The molecule has 2 rings (SSSR count). The molecule has 1 heterocycles. The van der Waals surface area contributed by atoms with Crippen molar-refractivity contribution in [3.63, 3.8) is 0 Å². The zero-order chi connectivity index (χ0) is 14.0. The topological polar surface area (TPSA) is 24.5 Å². The van der Waals surface area contributed by atoms with Gasteiger partial charge in [0.2, 0.25) is 0 Å². The van der Waals surface area contributed by atoms with Gasteiger partial charge in [0.25, 0.3) is 0 Å². The van der Waals surface area contributed by atoms with Crippen LogP contribution in [-0.4, -0.2) is 33.3 Å². The molecule has 3 nitrogen and oxygen atoms in total. The van der Waals surface area contributed by atoms with Crippen LogP contribution in [0.5, 0.6) is 5.75 Å². The van der Waals surface area contributed by atoms with Crippen LogP contribution in [-0.2, 0) is 0 Å². The number of anilines is 1. The average Bonchev–Trinajstić information content (AvgIpc) is 2.91. The van der Waals surface area contributed by atoms with Crippen molar-refractivity contribution >= 4 is 5.69 Å². The van der Waals surface area contributed by atoms with Crippen molar-refractivity contribution in [2.24, 2.45) is 0 Å². The molecule has 3 heteroatoms. The lowest BCUT2D eigenvalue weighted by molar-refractivity contribution is 0.407. The largest absolute Gasteiger partial charge is 0.496 e. The summed E-state index contributed by atoms with van der Waals surface area (Å²) in [6.07, 6.45) is 1.22. The molecule has 1 unspecified atom stereocenters. The fourth-order valence-electron chi connectivity index (χ4n) is 2.86. The van der Waals surface area contributed by atoms with E-state index in [0.29, 0.717) is 12.0 Å². The van der Waals surface area contributed by atoms with Crippen LogP contribution >= 0.6 is 0 Å². The first kappa shape index (κ1) is 14.2. The van der Waals surface area contributed by atoms with E-state index in [1.54, 1.807) is 7.11 Å². The number of ether oxygens (including phenoxy) is 1. The fourth-order valence-corrected chi connectivity index (χ4v) is 2.86. The Morgan fingerprint density at radius 3 is 2.63 bits per heavy atom. The van der Waals surface area contributed by atoms with Crippen molar-refractivity contribution in [3.8, 4) is 5.75 Å². The van der Waals surface area contributed by atoms with E-state index < -0.39 is 0 Å². The summed E-state index contributed by atoms with van der Waals surface area (Å²) in [6, 6.07) is 5.08. The Morgan fingerprint density at radius 2 is 2.11 bits per heavy atom.